The van der Waals surface area contributed by atoms with Crippen molar-refractivity contribution in [1.29, 1.82) is 0 Å². The molecule has 1 rings (SSSR count). The molecule has 0 bridgehead atoms. The van der Waals surface area contributed by atoms with Crippen LogP contribution in [-0.2, 0) is 4.79 Å². The average molecular weight is 256 g/mol. The number of hydrogen-bond donors (Lipinski definition) is 2. The number of nitrogens with one attached hydrogen (secondary N) is 1. The summed E-state index contributed by atoms with van der Waals surface area (Å²) in [5, 5.41) is 2.21. The first-order chi connectivity index (χ1) is 8.21. The Hall–Kier alpha value is -1.49. The van der Waals surface area contributed by atoms with Crippen molar-refractivity contribution >= 4 is 11.6 Å². The molecule has 0 aliphatic rings. The van der Waals surface area contributed by atoms with Crippen LogP contribution in [0, 0.1) is 17.0 Å². The van der Waals surface area contributed by atoms with Gasteiger partial charge in [0.25, 0.3) is 0 Å². The van der Waals surface area contributed by atoms with Crippen molar-refractivity contribution in [2.45, 2.75) is 33.2 Å². The number of rotatable bonds is 3. The van der Waals surface area contributed by atoms with Gasteiger partial charge in [0.1, 0.15) is 17.3 Å². The van der Waals surface area contributed by atoms with E-state index in [1.54, 1.807) is 0 Å². The van der Waals surface area contributed by atoms with Gasteiger partial charge in [-0.2, -0.15) is 0 Å². The minimum atomic E-state index is -0.798. The van der Waals surface area contributed by atoms with Gasteiger partial charge in [-0.15, -0.1) is 0 Å². The van der Waals surface area contributed by atoms with E-state index in [9.17, 15) is 13.6 Å². The van der Waals surface area contributed by atoms with E-state index in [1.807, 2.05) is 20.8 Å². The number of carbonyl (C=O) groups is 1. The Morgan fingerprint density at radius 2 is 1.83 bits per heavy atom. The van der Waals surface area contributed by atoms with Crippen LogP contribution in [-0.4, -0.2) is 11.9 Å². The number of nitrogens with two attached hydrogens (primary N) is 1. The molecule has 3 N–H and O–H groups in total. The first kappa shape index (κ1) is 14.6. The molecule has 1 atom stereocenters. The van der Waals surface area contributed by atoms with Crippen molar-refractivity contribution < 1.29 is 13.6 Å². The van der Waals surface area contributed by atoms with E-state index in [4.69, 9.17) is 5.73 Å². The maximum atomic E-state index is 13.3. The molecule has 0 saturated carbocycles. The zero-order chi connectivity index (χ0) is 13.9. The SMILES string of the molecule is CC(C)(C)C(N)CC(=O)Nc1c(F)cccc1F. The van der Waals surface area contributed by atoms with Crippen molar-refractivity contribution in [3.05, 3.63) is 29.8 Å². The van der Waals surface area contributed by atoms with Gasteiger partial charge in [-0.1, -0.05) is 26.8 Å². The summed E-state index contributed by atoms with van der Waals surface area (Å²) in [5.41, 5.74) is 5.16. The van der Waals surface area contributed by atoms with Gasteiger partial charge in [0, 0.05) is 12.5 Å². The van der Waals surface area contributed by atoms with E-state index in [-0.39, 0.29) is 17.9 Å². The van der Waals surface area contributed by atoms with Crippen LogP contribution in [0.25, 0.3) is 0 Å². The molecule has 0 spiro atoms. The zero-order valence-corrected chi connectivity index (χ0v) is 10.8. The van der Waals surface area contributed by atoms with Crippen LogP contribution in [0.15, 0.2) is 18.2 Å². The van der Waals surface area contributed by atoms with Gasteiger partial charge in [0.2, 0.25) is 5.91 Å². The second kappa shape index (κ2) is 5.44. The van der Waals surface area contributed by atoms with Crippen molar-refractivity contribution in [2.75, 3.05) is 5.32 Å². The Labute approximate surface area is 105 Å². The molecule has 1 unspecified atom stereocenters. The van der Waals surface area contributed by atoms with Crippen LogP contribution in [0.4, 0.5) is 14.5 Å². The molecule has 5 heteroatoms. The highest BCUT2D eigenvalue weighted by molar-refractivity contribution is 5.91. The van der Waals surface area contributed by atoms with E-state index in [2.05, 4.69) is 5.32 Å². The summed E-state index contributed by atoms with van der Waals surface area (Å²) >= 11 is 0. The number of benzene rings is 1. The van der Waals surface area contributed by atoms with Gasteiger partial charge < -0.3 is 11.1 Å². The molecular formula is C13H18F2N2O. The lowest BCUT2D eigenvalue weighted by Crippen LogP contribution is -2.38. The molecule has 0 aromatic heterocycles. The molecule has 3 nitrogen and oxygen atoms in total. The summed E-state index contributed by atoms with van der Waals surface area (Å²) in [4.78, 5) is 11.6. The standard InChI is InChI=1S/C13H18F2N2O/c1-13(2,3)10(16)7-11(18)17-12-8(14)5-4-6-9(12)15/h4-6,10H,7,16H2,1-3H3,(H,17,18). The zero-order valence-electron chi connectivity index (χ0n) is 10.8. The molecule has 100 valence electrons. The Morgan fingerprint density at radius 3 is 2.28 bits per heavy atom. The summed E-state index contributed by atoms with van der Waals surface area (Å²) in [7, 11) is 0. The summed E-state index contributed by atoms with van der Waals surface area (Å²) in [6.07, 6.45) is 0.0112. The van der Waals surface area contributed by atoms with Gasteiger partial charge in [0.05, 0.1) is 0 Å². The summed E-state index contributed by atoms with van der Waals surface area (Å²) in [5.74, 6) is -2.10. The number of para-hydroxylation sites is 1. The molecule has 0 radical (unpaired) electrons. The lowest BCUT2D eigenvalue weighted by molar-refractivity contribution is -0.117. The first-order valence-electron chi connectivity index (χ1n) is 5.71. The molecule has 1 amide bonds. The monoisotopic (exact) mass is 256 g/mol. The summed E-state index contributed by atoms with van der Waals surface area (Å²) < 4.78 is 26.6. The number of halogens is 2. The van der Waals surface area contributed by atoms with Crippen LogP contribution in [0.2, 0.25) is 0 Å². The smallest absolute Gasteiger partial charge is 0.226 e. The van der Waals surface area contributed by atoms with Crippen LogP contribution in [0.5, 0.6) is 0 Å². The molecule has 0 fully saturated rings. The lowest BCUT2D eigenvalue weighted by Gasteiger charge is -2.26. The van der Waals surface area contributed by atoms with Gasteiger partial charge in [0.15, 0.2) is 0 Å². The van der Waals surface area contributed by atoms with Gasteiger partial charge in [-0.25, -0.2) is 8.78 Å². The van der Waals surface area contributed by atoms with E-state index < -0.39 is 23.2 Å². The summed E-state index contributed by atoms with van der Waals surface area (Å²) in [6.45, 7) is 5.69. The molecule has 1 aromatic rings. The fraction of sp³-hybridized carbons (Fsp3) is 0.462. The molecule has 0 heterocycles. The lowest BCUT2D eigenvalue weighted by atomic mass is 9.85. The third-order valence-corrected chi connectivity index (χ3v) is 2.74. The molecule has 18 heavy (non-hydrogen) atoms. The van der Waals surface area contributed by atoms with E-state index in [0.717, 1.165) is 12.1 Å². The minimum absolute atomic E-state index is 0.0112. The van der Waals surface area contributed by atoms with E-state index >= 15 is 0 Å². The molecule has 0 aliphatic heterocycles. The maximum absolute atomic E-state index is 13.3. The highest BCUT2D eigenvalue weighted by Gasteiger charge is 2.24. The van der Waals surface area contributed by atoms with Crippen LogP contribution >= 0.6 is 0 Å². The normalized spacial score (nSPS) is 13.2. The van der Waals surface area contributed by atoms with Gasteiger partial charge in [-0.05, 0) is 17.5 Å². The third kappa shape index (κ3) is 3.77. The van der Waals surface area contributed by atoms with Crippen LogP contribution in [0.1, 0.15) is 27.2 Å². The topological polar surface area (TPSA) is 55.1 Å². The van der Waals surface area contributed by atoms with Crippen molar-refractivity contribution in [3.8, 4) is 0 Å². The minimum Gasteiger partial charge on any atom is -0.327 e. The first-order valence-corrected chi connectivity index (χ1v) is 5.71. The van der Waals surface area contributed by atoms with E-state index in [1.165, 1.54) is 6.07 Å². The predicted octanol–water partition coefficient (Wildman–Crippen LogP) is 2.67. The Balaban J connectivity index is 2.72. The number of carbonyl (C=O) groups excluding carboxylic acids is 1. The van der Waals surface area contributed by atoms with Crippen LogP contribution < -0.4 is 11.1 Å². The molecular weight excluding hydrogens is 238 g/mol. The molecule has 0 aliphatic carbocycles. The quantitative estimate of drug-likeness (QED) is 0.873. The Bertz CT molecular complexity index is 421. The van der Waals surface area contributed by atoms with Crippen LogP contribution in [0.3, 0.4) is 0 Å². The summed E-state index contributed by atoms with van der Waals surface area (Å²) in [6, 6.07) is 3.03. The number of amides is 1. The predicted molar refractivity (Wildman–Crippen MR) is 67.0 cm³/mol. The fourth-order valence-corrected chi connectivity index (χ4v) is 1.31. The van der Waals surface area contributed by atoms with Gasteiger partial charge >= 0.3 is 0 Å². The largest absolute Gasteiger partial charge is 0.327 e. The Morgan fingerprint density at radius 1 is 1.33 bits per heavy atom. The average Bonchev–Trinajstić information content (AvgIpc) is 2.22. The third-order valence-electron chi connectivity index (χ3n) is 2.74. The Kier molecular flexibility index (Phi) is 4.40. The highest BCUT2D eigenvalue weighted by Crippen LogP contribution is 2.22. The van der Waals surface area contributed by atoms with Crippen molar-refractivity contribution in [3.63, 3.8) is 0 Å². The number of hydrogen-bond acceptors (Lipinski definition) is 2. The van der Waals surface area contributed by atoms with Crippen molar-refractivity contribution in [1.82, 2.24) is 0 Å². The van der Waals surface area contributed by atoms with Crippen molar-refractivity contribution in [2.24, 2.45) is 11.1 Å². The van der Waals surface area contributed by atoms with Gasteiger partial charge in [-0.3, -0.25) is 4.79 Å². The highest BCUT2D eigenvalue weighted by atomic mass is 19.1. The second-order valence-electron chi connectivity index (χ2n) is 5.32. The van der Waals surface area contributed by atoms with E-state index in [0.29, 0.717) is 0 Å². The fourth-order valence-electron chi connectivity index (χ4n) is 1.31. The second-order valence-corrected chi connectivity index (χ2v) is 5.32. The maximum Gasteiger partial charge on any atom is 0.226 e. The molecule has 0 saturated heterocycles. The number of anilines is 1. The molecule has 1 aromatic carbocycles.